The van der Waals surface area contributed by atoms with Crippen LogP contribution in [0.25, 0.3) is 11.6 Å². The third-order valence-electron chi connectivity index (χ3n) is 4.04. The molecule has 0 aliphatic carbocycles. The van der Waals surface area contributed by atoms with Gasteiger partial charge in [-0.1, -0.05) is 12.1 Å². The lowest BCUT2D eigenvalue weighted by Gasteiger charge is -2.30. The molecule has 24 heavy (non-hydrogen) atoms. The molecule has 1 saturated heterocycles. The second-order valence-corrected chi connectivity index (χ2v) is 5.99. The van der Waals surface area contributed by atoms with Gasteiger partial charge in [0.1, 0.15) is 0 Å². The van der Waals surface area contributed by atoms with Crippen LogP contribution in [0, 0.1) is 0 Å². The molecule has 2 aromatic rings. The summed E-state index contributed by atoms with van der Waals surface area (Å²) in [6.45, 7) is 2.34. The molecule has 130 valence electrons. The van der Waals surface area contributed by atoms with E-state index < -0.39 is 12.8 Å². The minimum atomic E-state index is -4.43. The molecule has 6 nitrogen and oxygen atoms in total. The molecular weight excluding hydrogens is 325 g/mol. The molecule has 0 radical (unpaired) electrons. The van der Waals surface area contributed by atoms with Crippen molar-refractivity contribution in [2.24, 2.45) is 0 Å². The van der Waals surface area contributed by atoms with Gasteiger partial charge in [-0.2, -0.15) is 18.2 Å². The molecule has 0 unspecified atom stereocenters. The van der Waals surface area contributed by atoms with Gasteiger partial charge in [0, 0.05) is 11.6 Å². The molecule has 3 rings (SSSR count). The molecule has 1 aliphatic heterocycles. The first-order chi connectivity index (χ1) is 11.4. The van der Waals surface area contributed by atoms with Crippen molar-refractivity contribution in [2.75, 3.05) is 19.7 Å². The largest absolute Gasteiger partial charge is 0.482 e. The van der Waals surface area contributed by atoms with Crippen molar-refractivity contribution in [1.82, 2.24) is 20.4 Å². The molecule has 1 aliphatic rings. The standard InChI is InChI=1S/C15H17F3N4O2/c1-14(4-7-19-8-5-14)13-21-12(24-22-13)11-10(3-2-6-20-11)23-9-15(16,17)18/h2-3,6,19H,4-5,7-9H2,1H3. The summed E-state index contributed by atoms with van der Waals surface area (Å²) in [4.78, 5) is 8.38. The van der Waals surface area contributed by atoms with Crippen LogP contribution in [0.15, 0.2) is 22.9 Å². The van der Waals surface area contributed by atoms with E-state index in [0.29, 0.717) is 5.82 Å². The van der Waals surface area contributed by atoms with E-state index in [-0.39, 0.29) is 22.7 Å². The molecule has 1 fully saturated rings. The van der Waals surface area contributed by atoms with Crippen LogP contribution in [0.2, 0.25) is 0 Å². The van der Waals surface area contributed by atoms with Crippen LogP contribution in [0.3, 0.4) is 0 Å². The highest BCUT2D eigenvalue weighted by atomic mass is 19.4. The van der Waals surface area contributed by atoms with Gasteiger partial charge in [0.2, 0.25) is 0 Å². The molecule has 0 atom stereocenters. The van der Waals surface area contributed by atoms with E-state index in [1.54, 1.807) is 0 Å². The van der Waals surface area contributed by atoms with Crippen molar-refractivity contribution in [3.63, 3.8) is 0 Å². The van der Waals surface area contributed by atoms with Gasteiger partial charge in [-0.3, -0.25) is 0 Å². The van der Waals surface area contributed by atoms with E-state index in [0.717, 1.165) is 25.9 Å². The third kappa shape index (κ3) is 3.66. The number of ether oxygens (including phenoxy) is 1. The van der Waals surface area contributed by atoms with Crippen LogP contribution < -0.4 is 10.1 Å². The lowest BCUT2D eigenvalue weighted by atomic mass is 9.80. The van der Waals surface area contributed by atoms with Crippen molar-refractivity contribution >= 4 is 0 Å². The topological polar surface area (TPSA) is 73.1 Å². The summed E-state index contributed by atoms with van der Waals surface area (Å²) < 4.78 is 47.2. The highest BCUT2D eigenvalue weighted by Gasteiger charge is 2.34. The molecular formula is C15H17F3N4O2. The number of hydrogen-bond donors (Lipinski definition) is 1. The second kappa shape index (κ2) is 6.39. The molecule has 0 saturated carbocycles. The van der Waals surface area contributed by atoms with E-state index in [2.05, 4.69) is 20.4 Å². The minimum absolute atomic E-state index is 0.0412. The monoisotopic (exact) mass is 342 g/mol. The Labute approximate surface area is 136 Å². The summed E-state index contributed by atoms with van der Waals surface area (Å²) in [5.74, 6) is 0.550. The van der Waals surface area contributed by atoms with Crippen molar-refractivity contribution in [3.05, 3.63) is 24.2 Å². The third-order valence-corrected chi connectivity index (χ3v) is 4.04. The van der Waals surface area contributed by atoms with Crippen molar-refractivity contribution in [1.29, 1.82) is 0 Å². The molecule has 0 aromatic carbocycles. The molecule has 0 bridgehead atoms. The summed E-state index contributed by atoms with van der Waals surface area (Å²) in [6.07, 6.45) is -1.29. The highest BCUT2D eigenvalue weighted by molar-refractivity contribution is 5.56. The maximum absolute atomic E-state index is 12.4. The van der Waals surface area contributed by atoms with Crippen LogP contribution in [0.5, 0.6) is 5.75 Å². The van der Waals surface area contributed by atoms with E-state index in [4.69, 9.17) is 9.26 Å². The first-order valence-corrected chi connectivity index (χ1v) is 7.57. The Balaban J connectivity index is 1.85. The Morgan fingerprint density at radius 2 is 2.08 bits per heavy atom. The van der Waals surface area contributed by atoms with Crippen LogP contribution in [-0.2, 0) is 5.41 Å². The summed E-state index contributed by atoms with van der Waals surface area (Å²) in [5.41, 5.74) is -0.118. The van der Waals surface area contributed by atoms with E-state index >= 15 is 0 Å². The minimum Gasteiger partial charge on any atom is -0.482 e. The van der Waals surface area contributed by atoms with Gasteiger partial charge in [0.05, 0.1) is 0 Å². The molecule has 3 heterocycles. The van der Waals surface area contributed by atoms with E-state index in [1.165, 1.54) is 18.3 Å². The smallest absolute Gasteiger partial charge is 0.422 e. The molecule has 0 amide bonds. The van der Waals surface area contributed by atoms with Gasteiger partial charge in [-0.25, -0.2) is 4.98 Å². The Hall–Kier alpha value is -2.16. The quantitative estimate of drug-likeness (QED) is 0.921. The fourth-order valence-electron chi connectivity index (χ4n) is 2.59. The lowest BCUT2D eigenvalue weighted by Crippen LogP contribution is -2.38. The number of pyridine rings is 1. The fraction of sp³-hybridized carbons (Fsp3) is 0.533. The van der Waals surface area contributed by atoms with Gasteiger partial charge >= 0.3 is 6.18 Å². The number of hydrogen-bond acceptors (Lipinski definition) is 6. The van der Waals surface area contributed by atoms with Crippen LogP contribution in [-0.4, -0.2) is 41.0 Å². The van der Waals surface area contributed by atoms with Crippen molar-refractivity contribution in [3.8, 4) is 17.3 Å². The number of halogens is 3. The zero-order valence-electron chi connectivity index (χ0n) is 13.1. The predicted octanol–water partition coefficient (Wildman–Crippen LogP) is 2.71. The average Bonchev–Trinajstić information content (AvgIpc) is 3.04. The summed E-state index contributed by atoms with van der Waals surface area (Å²) in [5, 5.41) is 7.27. The van der Waals surface area contributed by atoms with Gasteiger partial charge in [0.15, 0.2) is 23.9 Å². The molecule has 1 N–H and O–H groups in total. The fourth-order valence-corrected chi connectivity index (χ4v) is 2.59. The predicted molar refractivity (Wildman–Crippen MR) is 78.5 cm³/mol. The number of alkyl halides is 3. The van der Waals surface area contributed by atoms with Gasteiger partial charge < -0.3 is 14.6 Å². The van der Waals surface area contributed by atoms with Gasteiger partial charge in [-0.15, -0.1) is 0 Å². The zero-order valence-corrected chi connectivity index (χ0v) is 13.1. The zero-order chi connectivity index (χ0) is 17.2. The SMILES string of the molecule is CC1(c2noc(-c3ncccc3OCC(F)(F)F)n2)CCNCC1. The Bertz CT molecular complexity index is 696. The average molecular weight is 342 g/mol. The van der Waals surface area contributed by atoms with Crippen LogP contribution >= 0.6 is 0 Å². The normalized spacial score (nSPS) is 17.7. The number of aromatic nitrogens is 3. The number of nitrogens with zero attached hydrogens (tertiary/aromatic N) is 3. The molecule has 0 spiro atoms. The molecule has 9 heteroatoms. The Morgan fingerprint density at radius 3 is 2.79 bits per heavy atom. The maximum Gasteiger partial charge on any atom is 0.422 e. The number of nitrogens with one attached hydrogen (secondary N) is 1. The van der Waals surface area contributed by atoms with Crippen molar-refractivity contribution < 1.29 is 22.4 Å². The van der Waals surface area contributed by atoms with E-state index in [1.807, 2.05) is 6.92 Å². The molecule has 2 aromatic heterocycles. The van der Waals surface area contributed by atoms with E-state index in [9.17, 15) is 13.2 Å². The maximum atomic E-state index is 12.4. The first kappa shape index (κ1) is 16.7. The Morgan fingerprint density at radius 1 is 1.33 bits per heavy atom. The van der Waals surface area contributed by atoms with Crippen molar-refractivity contribution in [2.45, 2.75) is 31.4 Å². The Kier molecular flexibility index (Phi) is 4.44. The van der Waals surface area contributed by atoms with Crippen LogP contribution in [0.4, 0.5) is 13.2 Å². The second-order valence-electron chi connectivity index (χ2n) is 5.99. The number of piperidine rings is 1. The van der Waals surface area contributed by atoms with Gasteiger partial charge in [-0.05, 0) is 38.1 Å². The summed E-state index contributed by atoms with van der Waals surface area (Å²) in [7, 11) is 0. The highest BCUT2D eigenvalue weighted by Crippen LogP contribution is 2.34. The number of rotatable bonds is 4. The lowest BCUT2D eigenvalue weighted by molar-refractivity contribution is -0.153. The summed E-state index contributed by atoms with van der Waals surface area (Å²) >= 11 is 0. The van der Waals surface area contributed by atoms with Gasteiger partial charge in [0.25, 0.3) is 5.89 Å². The summed E-state index contributed by atoms with van der Waals surface area (Å²) in [6, 6.07) is 2.88. The first-order valence-electron chi connectivity index (χ1n) is 7.57. The van der Waals surface area contributed by atoms with Crippen LogP contribution in [0.1, 0.15) is 25.6 Å².